The average Bonchev–Trinajstić information content (AvgIpc) is 2.73. The van der Waals surface area contributed by atoms with Gasteiger partial charge in [-0.15, -0.1) is 0 Å². The van der Waals surface area contributed by atoms with Crippen molar-refractivity contribution in [2.45, 2.75) is 19.1 Å². The van der Waals surface area contributed by atoms with Crippen LogP contribution < -0.4 is 5.32 Å². The minimum Gasteiger partial charge on any atom is -0.508 e. The first-order valence-corrected chi connectivity index (χ1v) is 8.90. The Morgan fingerprint density at radius 1 is 0.966 bits per heavy atom. The quantitative estimate of drug-likeness (QED) is 0.578. The number of aromatic hydroxyl groups is 1. The molecule has 2 rings (SSSR count). The maximum absolute atomic E-state index is 12.3. The van der Waals surface area contributed by atoms with Gasteiger partial charge in [-0.2, -0.15) is 0 Å². The van der Waals surface area contributed by atoms with Crippen molar-refractivity contribution in [2.75, 3.05) is 20.3 Å². The number of esters is 2. The number of carbonyl (C=O) groups excluding carboxylic acids is 3. The van der Waals surface area contributed by atoms with Crippen molar-refractivity contribution in [3.05, 3.63) is 65.7 Å². The van der Waals surface area contributed by atoms with E-state index in [1.807, 2.05) is 30.3 Å². The van der Waals surface area contributed by atoms with Crippen LogP contribution >= 0.6 is 0 Å². The molecule has 1 atom stereocenters. The summed E-state index contributed by atoms with van der Waals surface area (Å²) in [6, 6.07) is 14.5. The summed E-state index contributed by atoms with van der Waals surface area (Å²) in [5.41, 5.74) is 1.60. The minimum absolute atomic E-state index is 0.0805. The second kappa shape index (κ2) is 11.5. The minimum atomic E-state index is -1.03. The smallest absolute Gasteiger partial charge is 0.344 e. The zero-order valence-electron chi connectivity index (χ0n) is 16.0. The predicted octanol–water partition coefficient (Wildman–Crippen LogP) is 1.35. The summed E-state index contributed by atoms with van der Waals surface area (Å²) in [7, 11) is 1.18. The fourth-order valence-corrected chi connectivity index (χ4v) is 2.42. The lowest BCUT2D eigenvalue weighted by Crippen LogP contribution is -2.45. The van der Waals surface area contributed by atoms with E-state index < -0.39 is 30.5 Å². The molecule has 0 spiro atoms. The van der Waals surface area contributed by atoms with Gasteiger partial charge >= 0.3 is 11.9 Å². The largest absolute Gasteiger partial charge is 0.508 e. The van der Waals surface area contributed by atoms with Crippen LogP contribution in [0.3, 0.4) is 0 Å². The Hall–Kier alpha value is -3.39. The fourth-order valence-electron chi connectivity index (χ4n) is 2.42. The second-order valence-electron chi connectivity index (χ2n) is 6.15. The zero-order valence-corrected chi connectivity index (χ0v) is 16.0. The molecule has 0 aromatic heterocycles. The van der Waals surface area contributed by atoms with E-state index in [1.165, 1.54) is 19.2 Å². The summed E-state index contributed by atoms with van der Waals surface area (Å²) in [6.45, 7) is -0.545. The lowest BCUT2D eigenvalue weighted by atomic mass is 10.1. The van der Waals surface area contributed by atoms with Crippen molar-refractivity contribution in [3.8, 4) is 5.75 Å². The van der Waals surface area contributed by atoms with Crippen LogP contribution in [0.4, 0.5) is 0 Å². The van der Waals surface area contributed by atoms with Crippen LogP contribution in [0.15, 0.2) is 54.6 Å². The number of ether oxygens (including phenoxy) is 3. The van der Waals surface area contributed by atoms with Gasteiger partial charge in [0, 0.05) is 6.42 Å². The van der Waals surface area contributed by atoms with Gasteiger partial charge in [-0.3, -0.25) is 4.79 Å². The third kappa shape index (κ3) is 8.02. The van der Waals surface area contributed by atoms with Gasteiger partial charge in [0.2, 0.25) is 5.91 Å². The number of hydrogen-bond acceptors (Lipinski definition) is 7. The molecular weight excluding hydrogens is 378 g/mol. The number of carbonyl (C=O) groups is 3. The van der Waals surface area contributed by atoms with Crippen molar-refractivity contribution in [1.82, 2.24) is 5.32 Å². The molecule has 0 fully saturated rings. The van der Waals surface area contributed by atoms with Gasteiger partial charge in [0.15, 0.2) is 6.61 Å². The maximum Gasteiger partial charge on any atom is 0.344 e. The van der Waals surface area contributed by atoms with E-state index in [9.17, 15) is 19.5 Å². The van der Waals surface area contributed by atoms with E-state index >= 15 is 0 Å². The number of phenolic OH excluding ortho intramolecular Hbond substituents is 1. The van der Waals surface area contributed by atoms with E-state index in [1.54, 1.807) is 12.1 Å². The molecule has 2 N–H and O–H groups in total. The van der Waals surface area contributed by atoms with Crippen molar-refractivity contribution < 1.29 is 33.7 Å². The van der Waals surface area contributed by atoms with Gasteiger partial charge in [0.05, 0.1) is 13.7 Å². The molecule has 29 heavy (non-hydrogen) atoms. The fraction of sp³-hybridized carbons (Fsp3) is 0.286. The molecule has 0 aliphatic heterocycles. The molecule has 2 aromatic rings. The van der Waals surface area contributed by atoms with E-state index in [0.717, 1.165) is 5.56 Å². The molecule has 0 aliphatic carbocycles. The van der Waals surface area contributed by atoms with Crippen molar-refractivity contribution in [1.29, 1.82) is 0 Å². The number of hydrogen-bond donors (Lipinski definition) is 2. The summed E-state index contributed by atoms with van der Waals surface area (Å²) < 4.78 is 14.7. The highest BCUT2D eigenvalue weighted by Gasteiger charge is 2.24. The molecule has 8 nitrogen and oxygen atoms in total. The van der Waals surface area contributed by atoms with Gasteiger partial charge < -0.3 is 24.6 Å². The molecule has 0 bridgehead atoms. The highest BCUT2D eigenvalue weighted by Crippen LogP contribution is 2.12. The van der Waals surface area contributed by atoms with Gasteiger partial charge in [-0.05, 0) is 23.3 Å². The van der Waals surface area contributed by atoms with E-state index in [2.05, 4.69) is 10.1 Å². The number of methoxy groups -OCH3 is 1. The molecule has 0 saturated heterocycles. The second-order valence-corrected chi connectivity index (χ2v) is 6.15. The Balaban J connectivity index is 1.93. The van der Waals surface area contributed by atoms with Crippen LogP contribution in [0, 0.1) is 0 Å². The van der Waals surface area contributed by atoms with Crippen LogP contribution in [0.2, 0.25) is 0 Å². The third-order valence-electron chi connectivity index (χ3n) is 3.90. The number of rotatable bonds is 10. The SMILES string of the molecule is COC(=O)COC(=O)[C@@H](Cc1ccc(O)cc1)NC(=O)COCc1ccccc1. The molecule has 8 heteroatoms. The van der Waals surface area contributed by atoms with Crippen LogP contribution in [0.5, 0.6) is 5.75 Å². The Labute approximate surface area is 168 Å². The summed E-state index contributed by atoms with van der Waals surface area (Å²) in [5.74, 6) is -1.91. The van der Waals surface area contributed by atoms with Gasteiger partial charge in [-0.1, -0.05) is 42.5 Å². The maximum atomic E-state index is 12.3. The summed E-state index contributed by atoms with van der Waals surface area (Å²) in [4.78, 5) is 35.7. The first-order chi connectivity index (χ1) is 14.0. The molecule has 0 heterocycles. The van der Waals surface area contributed by atoms with Crippen LogP contribution in [0.1, 0.15) is 11.1 Å². The summed E-state index contributed by atoms with van der Waals surface area (Å²) in [6.07, 6.45) is 0.116. The standard InChI is InChI=1S/C21H23NO7/c1-27-20(25)14-29-21(26)18(11-15-7-9-17(23)10-8-15)22-19(24)13-28-12-16-5-3-2-4-6-16/h2-10,18,23H,11-14H2,1H3,(H,22,24)/t18-/m1/s1. The first-order valence-electron chi connectivity index (χ1n) is 8.90. The van der Waals surface area contributed by atoms with Crippen molar-refractivity contribution in [3.63, 3.8) is 0 Å². The molecule has 154 valence electrons. The molecular formula is C21H23NO7. The lowest BCUT2D eigenvalue weighted by molar-refractivity contribution is -0.158. The van der Waals surface area contributed by atoms with E-state index in [0.29, 0.717) is 5.56 Å². The van der Waals surface area contributed by atoms with Gasteiger partial charge in [-0.25, -0.2) is 9.59 Å². The Morgan fingerprint density at radius 3 is 2.31 bits per heavy atom. The van der Waals surface area contributed by atoms with Crippen LogP contribution in [-0.4, -0.2) is 49.3 Å². The normalized spacial score (nSPS) is 11.3. The van der Waals surface area contributed by atoms with Crippen LogP contribution in [0.25, 0.3) is 0 Å². The summed E-state index contributed by atoms with van der Waals surface area (Å²) >= 11 is 0. The first kappa shape index (κ1) is 21.9. The number of phenols is 1. The number of benzene rings is 2. The lowest BCUT2D eigenvalue weighted by Gasteiger charge is -2.18. The van der Waals surface area contributed by atoms with Crippen molar-refractivity contribution in [2.24, 2.45) is 0 Å². The van der Waals surface area contributed by atoms with Crippen molar-refractivity contribution >= 4 is 17.8 Å². The zero-order chi connectivity index (χ0) is 21.1. The third-order valence-corrected chi connectivity index (χ3v) is 3.90. The highest BCUT2D eigenvalue weighted by molar-refractivity contribution is 5.86. The predicted molar refractivity (Wildman–Crippen MR) is 103 cm³/mol. The molecule has 1 amide bonds. The number of nitrogens with one attached hydrogen (secondary N) is 1. The highest BCUT2D eigenvalue weighted by atomic mass is 16.6. The van der Waals surface area contributed by atoms with E-state index in [-0.39, 0.29) is 25.4 Å². The molecule has 0 radical (unpaired) electrons. The number of amides is 1. The summed E-state index contributed by atoms with van der Waals surface area (Å²) in [5, 5.41) is 11.9. The molecule has 0 unspecified atom stereocenters. The molecule has 2 aromatic carbocycles. The van der Waals surface area contributed by atoms with E-state index in [4.69, 9.17) is 9.47 Å². The monoisotopic (exact) mass is 401 g/mol. The van der Waals surface area contributed by atoms with Gasteiger partial charge in [0.1, 0.15) is 18.4 Å². The Morgan fingerprint density at radius 2 is 1.66 bits per heavy atom. The Bertz CT molecular complexity index is 806. The average molecular weight is 401 g/mol. The molecule has 0 saturated carbocycles. The van der Waals surface area contributed by atoms with Crippen LogP contribution in [-0.2, 0) is 41.6 Å². The topological polar surface area (TPSA) is 111 Å². The van der Waals surface area contributed by atoms with Gasteiger partial charge in [0.25, 0.3) is 0 Å². The molecule has 0 aliphatic rings. The Kier molecular flexibility index (Phi) is 8.65.